The van der Waals surface area contributed by atoms with Crippen LogP contribution in [0.5, 0.6) is 0 Å². The number of aryl methyl sites for hydroxylation is 1. The SMILES string of the molecule is Cn1nc(Br)c2cc(Cl)c(C(=O)N3CCC3)c(I)c21. The number of benzene rings is 1. The Balaban J connectivity index is 2.24. The van der Waals surface area contributed by atoms with Gasteiger partial charge in [0, 0.05) is 25.5 Å². The first-order valence-electron chi connectivity index (χ1n) is 5.80. The molecule has 4 nitrogen and oxygen atoms in total. The maximum atomic E-state index is 12.4. The number of aromatic nitrogens is 2. The second-order valence-electron chi connectivity index (χ2n) is 4.50. The van der Waals surface area contributed by atoms with Gasteiger partial charge < -0.3 is 4.90 Å². The largest absolute Gasteiger partial charge is 0.338 e. The van der Waals surface area contributed by atoms with E-state index in [0.29, 0.717) is 10.6 Å². The first-order chi connectivity index (χ1) is 9.00. The van der Waals surface area contributed by atoms with Gasteiger partial charge in [-0.05, 0) is 51.0 Å². The molecule has 1 amide bonds. The molecule has 3 rings (SSSR count). The molecular formula is C12H10BrClIN3O. The second kappa shape index (κ2) is 4.89. The zero-order valence-corrected chi connectivity index (χ0v) is 14.6. The molecule has 0 bridgehead atoms. The van der Waals surface area contributed by atoms with E-state index in [4.69, 9.17) is 11.6 Å². The van der Waals surface area contributed by atoms with Crippen molar-refractivity contribution in [2.45, 2.75) is 6.42 Å². The van der Waals surface area contributed by atoms with Crippen LogP contribution in [0.4, 0.5) is 0 Å². The number of carbonyl (C=O) groups is 1. The smallest absolute Gasteiger partial charge is 0.256 e. The fraction of sp³-hybridized carbons (Fsp3) is 0.333. The summed E-state index contributed by atoms with van der Waals surface area (Å²) >= 11 is 11.9. The van der Waals surface area contributed by atoms with Crippen LogP contribution in [0.15, 0.2) is 10.7 Å². The highest BCUT2D eigenvalue weighted by Crippen LogP contribution is 2.35. The van der Waals surface area contributed by atoms with E-state index in [9.17, 15) is 4.79 Å². The third kappa shape index (κ3) is 2.08. The van der Waals surface area contributed by atoms with Gasteiger partial charge >= 0.3 is 0 Å². The van der Waals surface area contributed by atoms with Crippen LogP contribution in [0.1, 0.15) is 16.8 Å². The Bertz CT molecular complexity index is 696. The van der Waals surface area contributed by atoms with Crippen molar-refractivity contribution in [1.82, 2.24) is 14.7 Å². The average molecular weight is 454 g/mol. The summed E-state index contributed by atoms with van der Waals surface area (Å²) < 4.78 is 3.37. The highest BCUT2D eigenvalue weighted by molar-refractivity contribution is 14.1. The molecule has 2 aromatic rings. The van der Waals surface area contributed by atoms with Gasteiger partial charge in [-0.3, -0.25) is 9.48 Å². The van der Waals surface area contributed by atoms with Crippen molar-refractivity contribution in [2.75, 3.05) is 13.1 Å². The Morgan fingerprint density at radius 3 is 2.79 bits per heavy atom. The van der Waals surface area contributed by atoms with Crippen molar-refractivity contribution in [3.05, 3.63) is 24.8 Å². The van der Waals surface area contributed by atoms with E-state index in [1.165, 1.54) is 0 Å². The standard InChI is InChI=1S/C12H10BrClIN3O/c1-17-10-6(11(13)16-17)5-7(14)8(9(10)15)12(19)18-3-2-4-18/h5H,2-4H2,1H3. The lowest BCUT2D eigenvalue weighted by Gasteiger charge is -2.31. The maximum Gasteiger partial charge on any atom is 0.256 e. The molecule has 0 N–H and O–H groups in total. The van der Waals surface area contributed by atoms with Gasteiger partial charge in [0.05, 0.1) is 19.7 Å². The molecule has 2 heterocycles. The zero-order chi connectivity index (χ0) is 13.7. The molecule has 1 saturated heterocycles. The monoisotopic (exact) mass is 453 g/mol. The molecule has 0 spiro atoms. The molecule has 0 aliphatic carbocycles. The summed E-state index contributed by atoms with van der Waals surface area (Å²) in [6.07, 6.45) is 1.07. The Kier molecular flexibility index (Phi) is 3.51. The highest BCUT2D eigenvalue weighted by Gasteiger charge is 2.27. The molecule has 1 fully saturated rings. The van der Waals surface area contributed by atoms with Crippen LogP contribution in [-0.2, 0) is 7.05 Å². The van der Waals surface area contributed by atoms with Gasteiger partial charge in [-0.1, -0.05) is 11.6 Å². The number of fused-ring (bicyclic) bond motifs is 1. The lowest BCUT2D eigenvalue weighted by molar-refractivity contribution is 0.0651. The number of rotatable bonds is 1. The third-order valence-corrected chi connectivity index (χ3v) is 5.27. The molecule has 0 atom stereocenters. The Hall–Kier alpha value is -0.340. The minimum atomic E-state index is 0.0138. The lowest BCUT2D eigenvalue weighted by Crippen LogP contribution is -2.42. The van der Waals surface area contributed by atoms with Crippen LogP contribution in [-0.4, -0.2) is 33.7 Å². The van der Waals surface area contributed by atoms with Crippen molar-refractivity contribution in [3.8, 4) is 0 Å². The summed E-state index contributed by atoms with van der Waals surface area (Å²) in [6, 6.07) is 1.81. The molecule has 0 unspecified atom stereocenters. The number of nitrogens with zero attached hydrogens (tertiary/aromatic N) is 3. The van der Waals surface area contributed by atoms with Crippen LogP contribution >= 0.6 is 50.1 Å². The van der Waals surface area contributed by atoms with Gasteiger partial charge in [-0.25, -0.2) is 0 Å². The number of amides is 1. The van der Waals surface area contributed by atoms with Gasteiger partial charge in [0.1, 0.15) is 4.60 Å². The van der Waals surface area contributed by atoms with Gasteiger partial charge in [-0.15, -0.1) is 0 Å². The summed E-state index contributed by atoms with van der Waals surface area (Å²) in [5.74, 6) is 0.0138. The van der Waals surface area contributed by atoms with Crippen LogP contribution in [0.25, 0.3) is 10.9 Å². The minimum Gasteiger partial charge on any atom is -0.338 e. The van der Waals surface area contributed by atoms with E-state index < -0.39 is 0 Å². The number of likely N-dealkylation sites (tertiary alicyclic amines) is 1. The minimum absolute atomic E-state index is 0.0138. The quantitative estimate of drug-likeness (QED) is 0.620. The summed E-state index contributed by atoms with van der Waals surface area (Å²) in [7, 11) is 1.86. The molecule has 19 heavy (non-hydrogen) atoms. The predicted molar refractivity (Wildman–Crippen MR) is 86.7 cm³/mol. The first-order valence-corrected chi connectivity index (χ1v) is 8.05. The van der Waals surface area contributed by atoms with Gasteiger partial charge in [0.25, 0.3) is 5.91 Å². The van der Waals surface area contributed by atoms with E-state index in [2.05, 4.69) is 43.6 Å². The number of halogens is 3. The molecule has 1 aromatic heterocycles. The van der Waals surface area contributed by atoms with E-state index >= 15 is 0 Å². The van der Waals surface area contributed by atoms with E-state index in [1.54, 1.807) is 4.68 Å². The number of hydrogen-bond donors (Lipinski definition) is 0. The Morgan fingerprint density at radius 2 is 2.21 bits per heavy atom. The van der Waals surface area contributed by atoms with E-state index in [0.717, 1.165) is 38.6 Å². The molecular weight excluding hydrogens is 444 g/mol. The molecule has 1 aliphatic heterocycles. The van der Waals surface area contributed by atoms with Crippen molar-refractivity contribution < 1.29 is 4.79 Å². The van der Waals surface area contributed by atoms with Crippen molar-refractivity contribution >= 4 is 66.9 Å². The van der Waals surface area contributed by atoms with Crippen molar-refractivity contribution in [2.24, 2.45) is 7.05 Å². The number of hydrogen-bond acceptors (Lipinski definition) is 2. The van der Waals surface area contributed by atoms with Crippen molar-refractivity contribution in [3.63, 3.8) is 0 Å². The third-order valence-electron chi connectivity index (χ3n) is 3.33. The van der Waals surface area contributed by atoms with E-state index in [1.807, 2.05) is 18.0 Å². The molecule has 0 saturated carbocycles. The molecule has 100 valence electrons. The molecule has 0 radical (unpaired) electrons. The fourth-order valence-corrected chi connectivity index (χ4v) is 4.34. The summed E-state index contributed by atoms with van der Waals surface area (Å²) in [5.41, 5.74) is 1.52. The Labute approximate surface area is 137 Å². The second-order valence-corrected chi connectivity index (χ2v) is 6.74. The van der Waals surface area contributed by atoms with Crippen LogP contribution in [0.2, 0.25) is 5.02 Å². The summed E-state index contributed by atoms with van der Waals surface area (Å²) in [5, 5.41) is 5.73. The van der Waals surface area contributed by atoms with Crippen LogP contribution < -0.4 is 0 Å². The number of carbonyl (C=O) groups excluding carboxylic acids is 1. The normalized spacial score (nSPS) is 14.8. The Morgan fingerprint density at radius 1 is 1.53 bits per heavy atom. The fourth-order valence-electron chi connectivity index (χ4n) is 2.19. The van der Waals surface area contributed by atoms with Gasteiger partial charge in [-0.2, -0.15) is 5.10 Å². The average Bonchev–Trinajstić information content (AvgIpc) is 2.51. The van der Waals surface area contributed by atoms with E-state index in [-0.39, 0.29) is 5.91 Å². The summed E-state index contributed by atoms with van der Waals surface area (Å²) in [6.45, 7) is 1.64. The lowest BCUT2D eigenvalue weighted by atomic mass is 10.1. The topological polar surface area (TPSA) is 38.1 Å². The summed E-state index contributed by atoms with van der Waals surface area (Å²) in [4.78, 5) is 14.2. The van der Waals surface area contributed by atoms with Gasteiger partial charge in [0.2, 0.25) is 0 Å². The molecule has 1 aromatic carbocycles. The molecule has 1 aliphatic rings. The zero-order valence-electron chi connectivity index (χ0n) is 10.1. The predicted octanol–water partition coefficient (Wildman–Crippen LogP) is 3.44. The first kappa shape index (κ1) is 13.6. The van der Waals surface area contributed by atoms with Crippen LogP contribution in [0.3, 0.4) is 0 Å². The van der Waals surface area contributed by atoms with Crippen LogP contribution in [0, 0.1) is 3.57 Å². The molecule has 7 heteroatoms. The highest BCUT2D eigenvalue weighted by atomic mass is 127. The van der Waals surface area contributed by atoms with Gasteiger partial charge in [0.15, 0.2) is 0 Å². The maximum absolute atomic E-state index is 12.4. The van der Waals surface area contributed by atoms with Crippen molar-refractivity contribution in [1.29, 1.82) is 0 Å².